The van der Waals surface area contributed by atoms with Gasteiger partial charge < -0.3 is 10.5 Å². The molecular weight excluding hydrogens is 292 g/mol. The molecule has 0 aliphatic carbocycles. The van der Waals surface area contributed by atoms with E-state index in [2.05, 4.69) is 4.74 Å². The highest BCUT2D eigenvalue weighted by Gasteiger charge is 2.26. The van der Waals surface area contributed by atoms with Crippen molar-refractivity contribution in [2.75, 3.05) is 20.2 Å². The van der Waals surface area contributed by atoms with Gasteiger partial charge in [0.15, 0.2) is 0 Å². The van der Waals surface area contributed by atoms with Crippen molar-refractivity contribution >= 4 is 16.0 Å². The van der Waals surface area contributed by atoms with Crippen LogP contribution >= 0.6 is 0 Å². The monoisotopic (exact) mass is 314 g/mol. The number of nitrogens with two attached hydrogens (primary N) is 1. The molecule has 6 nitrogen and oxygen atoms in total. The van der Waals surface area contributed by atoms with E-state index in [0.717, 1.165) is 9.87 Å². The van der Waals surface area contributed by atoms with Gasteiger partial charge in [0.25, 0.3) is 0 Å². The van der Waals surface area contributed by atoms with E-state index < -0.39 is 16.0 Å². The predicted octanol–water partition coefficient (Wildman–Crippen LogP) is 1.28. The lowest BCUT2D eigenvalue weighted by atomic mass is 10.1. The van der Waals surface area contributed by atoms with E-state index in [4.69, 9.17) is 5.73 Å². The maximum Gasteiger partial charge on any atom is 0.321 e. The smallest absolute Gasteiger partial charge is 0.321 e. The SMILES string of the molecule is CCCN(CC(=O)OC)S(=O)(=O)c1cccc(C(C)N)c1. The first-order valence-corrected chi connectivity index (χ1v) is 8.19. The van der Waals surface area contributed by atoms with Crippen molar-refractivity contribution in [3.8, 4) is 0 Å². The van der Waals surface area contributed by atoms with Gasteiger partial charge in [-0.1, -0.05) is 19.1 Å². The van der Waals surface area contributed by atoms with Crippen LogP contribution in [0, 0.1) is 0 Å². The third-order valence-corrected chi connectivity index (χ3v) is 4.87. The van der Waals surface area contributed by atoms with Gasteiger partial charge in [-0.05, 0) is 31.0 Å². The zero-order valence-electron chi connectivity index (χ0n) is 12.6. The van der Waals surface area contributed by atoms with Crippen LogP contribution in [-0.4, -0.2) is 38.9 Å². The molecule has 1 rings (SSSR count). The van der Waals surface area contributed by atoms with Crippen LogP contribution in [0.15, 0.2) is 29.2 Å². The predicted molar refractivity (Wildman–Crippen MR) is 80.1 cm³/mol. The van der Waals surface area contributed by atoms with Crippen molar-refractivity contribution in [1.82, 2.24) is 4.31 Å². The second-order valence-electron chi connectivity index (χ2n) is 4.78. The molecule has 0 spiro atoms. The fourth-order valence-corrected chi connectivity index (χ4v) is 3.38. The van der Waals surface area contributed by atoms with Gasteiger partial charge in [0.2, 0.25) is 10.0 Å². The second-order valence-corrected chi connectivity index (χ2v) is 6.71. The number of rotatable bonds is 7. The summed E-state index contributed by atoms with van der Waals surface area (Å²) in [5.41, 5.74) is 6.51. The second kappa shape index (κ2) is 7.53. The van der Waals surface area contributed by atoms with Crippen LogP contribution in [-0.2, 0) is 19.6 Å². The Balaban J connectivity index is 3.16. The molecule has 1 unspecified atom stereocenters. The van der Waals surface area contributed by atoms with Crippen molar-refractivity contribution in [3.05, 3.63) is 29.8 Å². The molecule has 0 amide bonds. The van der Waals surface area contributed by atoms with Gasteiger partial charge in [0.05, 0.1) is 12.0 Å². The molecule has 118 valence electrons. The quantitative estimate of drug-likeness (QED) is 0.766. The molecule has 0 bridgehead atoms. The normalized spacial score (nSPS) is 13.2. The van der Waals surface area contributed by atoms with Gasteiger partial charge in [0, 0.05) is 12.6 Å². The molecular formula is C14H22N2O4S. The number of nitrogens with zero attached hydrogens (tertiary/aromatic N) is 1. The number of hydrogen-bond donors (Lipinski definition) is 1. The lowest BCUT2D eigenvalue weighted by Crippen LogP contribution is -2.36. The van der Waals surface area contributed by atoms with E-state index in [0.29, 0.717) is 6.42 Å². The maximum absolute atomic E-state index is 12.6. The Hall–Kier alpha value is -1.44. The van der Waals surface area contributed by atoms with Gasteiger partial charge in [0.1, 0.15) is 6.54 Å². The topological polar surface area (TPSA) is 89.7 Å². The van der Waals surface area contributed by atoms with Crippen LogP contribution in [0.5, 0.6) is 0 Å². The summed E-state index contributed by atoms with van der Waals surface area (Å²) in [6.45, 7) is 3.58. The maximum atomic E-state index is 12.6. The molecule has 0 heterocycles. The van der Waals surface area contributed by atoms with Gasteiger partial charge >= 0.3 is 5.97 Å². The number of methoxy groups -OCH3 is 1. The highest BCUT2D eigenvalue weighted by Crippen LogP contribution is 2.20. The summed E-state index contributed by atoms with van der Waals surface area (Å²) in [7, 11) is -2.52. The molecule has 1 aromatic carbocycles. The minimum Gasteiger partial charge on any atom is -0.468 e. The summed E-state index contributed by atoms with van der Waals surface area (Å²) in [6.07, 6.45) is 0.600. The Morgan fingerprint density at radius 1 is 1.43 bits per heavy atom. The van der Waals surface area contributed by atoms with Crippen molar-refractivity contribution in [2.45, 2.75) is 31.2 Å². The lowest BCUT2D eigenvalue weighted by molar-refractivity contribution is -0.140. The highest BCUT2D eigenvalue weighted by molar-refractivity contribution is 7.89. The van der Waals surface area contributed by atoms with Crippen molar-refractivity contribution < 1.29 is 17.9 Å². The summed E-state index contributed by atoms with van der Waals surface area (Å²) in [4.78, 5) is 11.5. The molecule has 1 atom stereocenters. The summed E-state index contributed by atoms with van der Waals surface area (Å²) in [5, 5.41) is 0. The van der Waals surface area contributed by atoms with Crippen LogP contribution < -0.4 is 5.73 Å². The highest BCUT2D eigenvalue weighted by atomic mass is 32.2. The van der Waals surface area contributed by atoms with Gasteiger partial charge in [-0.2, -0.15) is 4.31 Å². The molecule has 0 aromatic heterocycles. The standard InChI is InChI=1S/C14H22N2O4S/c1-4-8-16(10-14(17)20-3)21(18,19)13-7-5-6-12(9-13)11(2)15/h5-7,9,11H,4,8,10,15H2,1-3H3. The third-order valence-electron chi connectivity index (χ3n) is 3.03. The first kappa shape index (κ1) is 17.6. The fourth-order valence-electron chi connectivity index (χ4n) is 1.85. The number of ether oxygens (including phenoxy) is 1. The number of carbonyl (C=O) groups excluding carboxylic acids is 1. The van der Waals surface area contributed by atoms with E-state index in [1.807, 2.05) is 6.92 Å². The van der Waals surface area contributed by atoms with E-state index in [1.165, 1.54) is 13.2 Å². The summed E-state index contributed by atoms with van der Waals surface area (Å²) in [6, 6.07) is 6.20. The lowest BCUT2D eigenvalue weighted by Gasteiger charge is -2.21. The molecule has 2 N–H and O–H groups in total. The molecule has 0 saturated heterocycles. The Morgan fingerprint density at radius 2 is 2.10 bits per heavy atom. The van der Waals surface area contributed by atoms with E-state index in [1.54, 1.807) is 25.1 Å². The Kier molecular flexibility index (Phi) is 6.32. The Morgan fingerprint density at radius 3 is 2.62 bits per heavy atom. The Bertz CT molecular complexity index is 584. The first-order valence-electron chi connectivity index (χ1n) is 6.75. The minimum absolute atomic E-state index is 0.134. The average molecular weight is 314 g/mol. The molecule has 0 radical (unpaired) electrons. The van der Waals surface area contributed by atoms with Gasteiger partial charge in [-0.15, -0.1) is 0 Å². The summed E-state index contributed by atoms with van der Waals surface area (Å²) in [5.74, 6) is -0.588. The zero-order valence-corrected chi connectivity index (χ0v) is 13.4. The fraction of sp³-hybridized carbons (Fsp3) is 0.500. The largest absolute Gasteiger partial charge is 0.468 e. The molecule has 1 aromatic rings. The van der Waals surface area contributed by atoms with Crippen LogP contribution in [0.1, 0.15) is 31.9 Å². The minimum atomic E-state index is -3.75. The Labute approximate surface area is 125 Å². The molecule has 0 aliphatic rings. The van der Waals surface area contributed by atoms with Crippen molar-refractivity contribution in [3.63, 3.8) is 0 Å². The third kappa shape index (κ3) is 4.52. The van der Waals surface area contributed by atoms with Crippen LogP contribution in [0.4, 0.5) is 0 Å². The molecule has 0 aliphatic heterocycles. The number of hydrogen-bond acceptors (Lipinski definition) is 5. The zero-order chi connectivity index (χ0) is 16.0. The van der Waals surface area contributed by atoms with E-state index >= 15 is 0 Å². The van der Waals surface area contributed by atoms with E-state index in [-0.39, 0.29) is 24.0 Å². The molecule has 0 saturated carbocycles. The molecule has 7 heteroatoms. The number of esters is 1. The number of sulfonamides is 1. The molecule has 21 heavy (non-hydrogen) atoms. The van der Waals surface area contributed by atoms with Crippen LogP contribution in [0.25, 0.3) is 0 Å². The average Bonchev–Trinajstić information content (AvgIpc) is 2.46. The van der Waals surface area contributed by atoms with Crippen molar-refractivity contribution in [1.29, 1.82) is 0 Å². The van der Waals surface area contributed by atoms with Gasteiger partial charge in [-0.3, -0.25) is 4.79 Å². The summed E-state index contributed by atoms with van der Waals surface area (Å²) < 4.78 is 30.9. The number of carbonyl (C=O) groups is 1. The molecule has 0 fully saturated rings. The van der Waals surface area contributed by atoms with Crippen LogP contribution in [0.2, 0.25) is 0 Å². The van der Waals surface area contributed by atoms with Crippen LogP contribution in [0.3, 0.4) is 0 Å². The number of benzene rings is 1. The van der Waals surface area contributed by atoms with E-state index in [9.17, 15) is 13.2 Å². The first-order chi connectivity index (χ1) is 9.82. The summed E-state index contributed by atoms with van der Waals surface area (Å²) >= 11 is 0. The van der Waals surface area contributed by atoms with Gasteiger partial charge in [-0.25, -0.2) is 8.42 Å². The van der Waals surface area contributed by atoms with Crippen molar-refractivity contribution in [2.24, 2.45) is 5.73 Å².